The second-order valence-corrected chi connectivity index (χ2v) is 6.93. The van der Waals surface area contributed by atoms with E-state index < -0.39 is 5.91 Å². The first-order chi connectivity index (χ1) is 14.4. The van der Waals surface area contributed by atoms with Gasteiger partial charge in [0, 0.05) is 37.6 Å². The zero-order chi connectivity index (χ0) is 21.3. The number of carbonyl (C=O) groups excluding carboxylic acids is 1. The van der Waals surface area contributed by atoms with Crippen molar-refractivity contribution in [2.75, 3.05) is 5.32 Å². The molecule has 0 bridgehead atoms. The summed E-state index contributed by atoms with van der Waals surface area (Å²) in [6.45, 7) is 2.19. The van der Waals surface area contributed by atoms with E-state index in [1.54, 1.807) is 46.0 Å². The van der Waals surface area contributed by atoms with E-state index in [1.165, 1.54) is 12.1 Å². The quantitative estimate of drug-likeness (QED) is 0.513. The molecule has 0 atom stereocenters. The summed E-state index contributed by atoms with van der Waals surface area (Å²) >= 11 is 0. The molecular formula is C21H20FN7O. The van der Waals surface area contributed by atoms with Crippen LogP contribution in [0.5, 0.6) is 0 Å². The highest BCUT2D eigenvalue weighted by atomic mass is 19.1. The van der Waals surface area contributed by atoms with E-state index in [2.05, 4.69) is 20.4 Å². The van der Waals surface area contributed by atoms with Gasteiger partial charge in [-0.3, -0.25) is 9.48 Å². The summed E-state index contributed by atoms with van der Waals surface area (Å²) in [5, 5.41) is 7.23. The highest BCUT2D eigenvalue weighted by molar-refractivity contribution is 5.93. The van der Waals surface area contributed by atoms with Crippen LogP contribution in [0, 0.1) is 12.7 Å². The minimum atomic E-state index is -0.572. The van der Waals surface area contributed by atoms with Crippen molar-refractivity contribution in [1.82, 2.24) is 24.3 Å². The fourth-order valence-electron chi connectivity index (χ4n) is 3.22. The Morgan fingerprint density at radius 3 is 2.80 bits per heavy atom. The second-order valence-electron chi connectivity index (χ2n) is 6.93. The van der Waals surface area contributed by atoms with Crippen molar-refractivity contribution >= 4 is 17.7 Å². The fourth-order valence-corrected chi connectivity index (χ4v) is 3.22. The summed E-state index contributed by atoms with van der Waals surface area (Å²) in [6, 6.07) is 9.72. The van der Waals surface area contributed by atoms with Crippen molar-refractivity contribution < 1.29 is 9.18 Å². The van der Waals surface area contributed by atoms with Gasteiger partial charge in [-0.25, -0.2) is 14.4 Å². The number of nitrogens with one attached hydrogen (secondary N) is 1. The van der Waals surface area contributed by atoms with Crippen LogP contribution < -0.4 is 11.1 Å². The molecule has 0 spiro atoms. The SMILES string of the molecule is Cc1cnc(Nc2ccnn2C)nc1-c1cc(C(N)=O)n(Cc2cccc(F)c2)c1. The summed E-state index contributed by atoms with van der Waals surface area (Å²) in [5.41, 5.74) is 8.82. The standard InChI is InChI=1S/C21H20FN7O/c1-13-10-24-21(26-18-6-7-25-28(18)2)27-19(13)15-9-17(20(23)30)29(12-15)11-14-4-3-5-16(22)8-14/h3-10,12H,11H2,1-2H3,(H2,23,30)(H,24,26,27). The lowest BCUT2D eigenvalue weighted by molar-refractivity contribution is 0.0992. The molecule has 4 aromatic rings. The molecule has 0 aliphatic heterocycles. The zero-order valence-corrected chi connectivity index (χ0v) is 16.5. The van der Waals surface area contributed by atoms with Crippen LogP contribution >= 0.6 is 0 Å². The number of benzene rings is 1. The van der Waals surface area contributed by atoms with E-state index in [1.807, 2.05) is 20.0 Å². The number of hydrogen-bond donors (Lipinski definition) is 2. The molecule has 3 N–H and O–H groups in total. The Labute approximate surface area is 172 Å². The molecular weight excluding hydrogens is 385 g/mol. The maximum Gasteiger partial charge on any atom is 0.265 e. The third-order valence-electron chi connectivity index (χ3n) is 4.70. The van der Waals surface area contributed by atoms with Gasteiger partial charge in [0.2, 0.25) is 5.95 Å². The Balaban J connectivity index is 1.70. The van der Waals surface area contributed by atoms with Gasteiger partial charge in [-0.05, 0) is 36.2 Å². The van der Waals surface area contributed by atoms with Crippen LogP contribution in [0.1, 0.15) is 21.6 Å². The smallest absolute Gasteiger partial charge is 0.265 e. The molecule has 4 rings (SSSR count). The number of aromatic nitrogens is 5. The van der Waals surface area contributed by atoms with Gasteiger partial charge in [0.15, 0.2) is 0 Å². The highest BCUT2D eigenvalue weighted by Gasteiger charge is 2.16. The molecule has 0 aliphatic rings. The Bertz CT molecular complexity index is 1230. The first-order valence-electron chi connectivity index (χ1n) is 9.24. The minimum Gasteiger partial charge on any atom is -0.364 e. The lowest BCUT2D eigenvalue weighted by atomic mass is 10.1. The number of nitrogens with two attached hydrogens (primary N) is 1. The van der Waals surface area contributed by atoms with Crippen molar-refractivity contribution in [3.8, 4) is 11.3 Å². The van der Waals surface area contributed by atoms with Crippen molar-refractivity contribution in [3.63, 3.8) is 0 Å². The van der Waals surface area contributed by atoms with Gasteiger partial charge in [0.25, 0.3) is 5.91 Å². The Morgan fingerprint density at radius 1 is 1.27 bits per heavy atom. The Morgan fingerprint density at radius 2 is 2.10 bits per heavy atom. The summed E-state index contributed by atoms with van der Waals surface area (Å²) in [4.78, 5) is 20.9. The van der Waals surface area contributed by atoms with E-state index in [9.17, 15) is 9.18 Å². The molecule has 0 unspecified atom stereocenters. The molecule has 0 saturated heterocycles. The molecule has 0 fully saturated rings. The van der Waals surface area contributed by atoms with Crippen molar-refractivity contribution in [1.29, 1.82) is 0 Å². The van der Waals surface area contributed by atoms with Gasteiger partial charge in [-0.1, -0.05) is 12.1 Å². The topological polar surface area (TPSA) is 104 Å². The Kier molecular flexibility index (Phi) is 5.01. The molecule has 152 valence electrons. The van der Waals surface area contributed by atoms with Crippen molar-refractivity contribution in [3.05, 3.63) is 77.6 Å². The number of primary amides is 1. The van der Waals surface area contributed by atoms with Crippen LogP contribution in [0.25, 0.3) is 11.3 Å². The number of aryl methyl sites for hydroxylation is 2. The summed E-state index contributed by atoms with van der Waals surface area (Å²) in [6.07, 6.45) is 5.16. The number of anilines is 2. The van der Waals surface area contributed by atoms with Crippen LogP contribution in [0.4, 0.5) is 16.2 Å². The largest absolute Gasteiger partial charge is 0.364 e. The molecule has 3 aromatic heterocycles. The third kappa shape index (κ3) is 3.90. The summed E-state index contributed by atoms with van der Waals surface area (Å²) in [7, 11) is 1.81. The molecule has 8 nitrogen and oxygen atoms in total. The average molecular weight is 405 g/mol. The lowest BCUT2D eigenvalue weighted by Gasteiger charge is -2.08. The number of carbonyl (C=O) groups is 1. The van der Waals surface area contributed by atoms with Crippen LogP contribution in [0.15, 0.2) is 55.0 Å². The maximum absolute atomic E-state index is 13.5. The first-order valence-corrected chi connectivity index (χ1v) is 9.24. The van der Waals surface area contributed by atoms with E-state index >= 15 is 0 Å². The van der Waals surface area contributed by atoms with Gasteiger partial charge in [0.05, 0.1) is 11.9 Å². The molecule has 1 aromatic carbocycles. The normalized spacial score (nSPS) is 10.9. The van der Waals surface area contributed by atoms with E-state index in [4.69, 9.17) is 5.73 Å². The highest BCUT2D eigenvalue weighted by Crippen LogP contribution is 2.26. The molecule has 0 aliphatic carbocycles. The molecule has 9 heteroatoms. The van der Waals surface area contributed by atoms with Crippen LogP contribution in [-0.4, -0.2) is 30.2 Å². The van der Waals surface area contributed by atoms with E-state index in [0.29, 0.717) is 29.4 Å². The number of amides is 1. The van der Waals surface area contributed by atoms with Crippen LogP contribution in [0.3, 0.4) is 0 Å². The molecule has 3 heterocycles. The number of rotatable bonds is 6. The summed E-state index contributed by atoms with van der Waals surface area (Å²) in [5.74, 6) is 0.236. The van der Waals surface area contributed by atoms with Gasteiger partial charge < -0.3 is 15.6 Å². The minimum absolute atomic E-state index is 0.306. The molecule has 1 amide bonds. The first kappa shape index (κ1) is 19.3. The van der Waals surface area contributed by atoms with Gasteiger partial charge in [0.1, 0.15) is 17.3 Å². The zero-order valence-electron chi connectivity index (χ0n) is 16.5. The van der Waals surface area contributed by atoms with Gasteiger partial charge in [-0.2, -0.15) is 5.10 Å². The lowest BCUT2D eigenvalue weighted by Crippen LogP contribution is -2.16. The number of halogens is 1. The fraction of sp³-hybridized carbons (Fsp3) is 0.143. The number of hydrogen-bond acceptors (Lipinski definition) is 5. The second kappa shape index (κ2) is 7.78. The van der Waals surface area contributed by atoms with Gasteiger partial charge >= 0.3 is 0 Å². The van der Waals surface area contributed by atoms with E-state index in [-0.39, 0.29) is 5.82 Å². The van der Waals surface area contributed by atoms with Crippen LogP contribution in [-0.2, 0) is 13.6 Å². The van der Waals surface area contributed by atoms with Gasteiger partial charge in [-0.15, -0.1) is 0 Å². The molecule has 0 saturated carbocycles. The monoisotopic (exact) mass is 405 g/mol. The molecule has 0 radical (unpaired) electrons. The predicted molar refractivity (Wildman–Crippen MR) is 111 cm³/mol. The number of nitrogens with zero attached hydrogens (tertiary/aromatic N) is 5. The molecule has 30 heavy (non-hydrogen) atoms. The van der Waals surface area contributed by atoms with Crippen molar-refractivity contribution in [2.45, 2.75) is 13.5 Å². The summed E-state index contributed by atoms with van der Waals surface area (Å²) < 4.78 is 16.9. The third-order valence-corrected chi connectivity index (χ3v) is 4.70. The predicted octanol–water partition coefficient (Wildman–Crippen LogP) is 3.02. The average Bonchev–Trinajstić information content (AvgIpc) is 3.30. The van der Waals surface area contributed by atoms with Crippen LogP contribution in [0.2, 0.25) is 0 Å². The van der Waals surface area contributed by atoms with Crippen molar-refractivity contribution in [2.24, 2.45) is 12.8 Å². The van der Waals surface area contributed by atoms with E-state index in [0.717, 1.165) is 16.9 Å². The Hall–Kier alpha value is -4.01. The maximum atomic E-state index is 13.5.